The van der Waals surface area contributed by atoms with E-state index in [0.29, 0.717) is 24.7 Å². The van der Waals surface area contributed by atoms with Crippen LogP contribution in [0.3, 0.4) is 0 Å². The normalized spacial score (nSPS) is 10.5. The average Bonchev–Trinajstić information content (AvgIpc) is 2.60. The highest BCUT2D eigenvalue weighted by Gasteiger charge is 2.01. The van der Waals surface area contributed by atoms with Crippen molar-refractivity contribution in [2.75, 3.05) is 12.3 Å². The molecule has 0 saturated carbocycles. The van der Waals surface area contributed by atoms with Gasteiger partial charge in [0.25, 0.3) is 0 Å². The predicted octanol–water partition coefficient (Wildman–Crippen LogP) is 1.99. The number of hydrogen-bond acceptors (Lipinski definition) is 3. The van der Waals surface area contributed by atoms with Crippen LogP contribution < -0.4 is 10.5 Å². The van der Waals surface area contributed by atoms with Crippen molar-refractivity contribution in [2.24, 2.45) is 0 Å². The number of ether oxygens (including phenoxy) is 1. The fraction of sp³-hybridized carbons (Fsp3) is 0.250. The molecule has 17 heavy (non-hydrogen) atoms. The lowest BCUT2D eigenvalue weighted by atomic mass is 10.3. The second-order valence-electron chi connectivity index (χ2n) is 3.74. The Balaban J connectivity index is 1.87. The molecule has 0 fully saturated rings. The highest BCUT2D eigenvalue weighted by molar-refractivity contribution is 5.28. The van der Waals surface area contributed by atoms with Gasteiger partial charge in [0.05, 0.1) is 6.54 Å². The zero-order valence-electron chi connectivity index (χ0n) is 9.56. The topological polar surface area (TPSA) is 53.1 Å². The SMILES string of the molecule is Cc1cc(N)nn1CCOc1ccc(F)cc1. The van der Waals surface area contributed by atoms with Crippen LogP contribution in [0, 0.1) is 12.7 Å². The number of nitrogens with zero attached hydrogens (tertiary/aromatic N) is 2. The van der Waals surface area contributed by atoms with E-state index in [9.17, 15) is 4.39 Å². The maximum atomic E-state index is 12.6. The van der Waals surface area contributed by atoms with Crippen molar-refractivity contribution in [3.8, 4) is 5.75 Å². The van der Waals surface area contributed by atoms with Crippen molar-refractivity contribution < 1.29 is 9.13 Å². The van der Waals surface area contributed by atoms with E-state index in [4.69, 9.17) is 10.5 Å². The van der Waals surface area contributed by atoms with Crippen LogP contribution in [-0.2, 0) is 6.54 Å². The molecular weight excluding hydrogens is 221 g/mol. The summed E-state index contributed by atoms with van der Waals surface area (Å²) >= 11 is 0. The molecule has 0 aliphatic heterocycles. The average molecular weight is 235 g/mol. The number of rotatable bonds is 4. The minimum Gasteiger partial charge on any atom is -0.492 e. The molecule has 0 bridgehead atoms. The fourth-order valence-corrected chi connectivity index (χ4v) is 1.54. The van der Waals surface area contributed by atoms with Crippen LogP contribution in [0.25, 0.3) is 0 Å². The van der Waals surface area contributed by atoms with Crippen molar-refractivity contribution in [2.45, 2.75) is 13.5 Å². The lowest BCUT2D eigenvalue weighted by Crippen LogP contribution is -2.11. The summed E-state index contributed by atoms with van der Waals surface area (Å²) in [6, 6.07) is 7.73. The van der Waals surface area contributed by atoms with Gasteiger partial charge in [-0.15, -0.1) is 0 Å². The molecular formula is C12H14FN3O. The Kier molecular flexibility index (Phi) is 3.27. The summed E-state index contributed by atoms with van der Waals surface area (Å²) < 4.78 is 19.9. The first kappa shape index (κ1) is 11.4. The zero-order chi connectivity index (χ0) is 12.3. The first-order valence-electron chi connectivity index (χ1n) is 5.33. The summed E-state index contributed by atoms with van der Waals surface area (Å²) in [7, 11) is 0. The van der Waals surface area contributed by atoms with Gasteiger partial charge in [0.15, 0.2) is 0 Å². The van der Waals surface area contributed by atoms with E-state index in [1.54, 1.807) is 22.9 Å². The van der Waals surface area contributed by atoms with Crippen LogP contribution in [0.15, 0.2) is 30.3 Å². The maximum Gasteiger partial charge on any atom is 0.145 e. The standard InChI is InChI=1S/C12H14FN3O/c1-9-8-12(14)15-16(9)6-7-17-11-4-2-10(13)3-5-11/h2-5,8H,6-7H2,1H3,(H2,14,15). The van der Waals surface area contributed by atoms with Crippen LogP contribution >= 0.6 is 0 Å². The van der Waals surface area contributed by atoms with Crippen molar-refractivity contribution in [3.05, 3.63) is 41.8 Å². The lowest BCUT2D eigenvalue weighted by molar-refractivity contribution is 0.289. The zero-order valence-corrected chi connectivity index (χ0v) is 9.56. The van der Waals surface area contributed by atoms with E-state index < -0.39 is 0 Å². The summed E-state index contributed by atoms with van der Waals surface area (Å²) in [6.07, 6.45) is 0. The van der Waals surface area contributed by atoms with Gasteiger partial charge in [0.1, 0.15) is 24.0 Å². The Morgan fingerprint density at radius 3 is 2.65 bits per heavy atom. The molecule has 2 N–H and O–H groups in total. The van der Waals surface area contributed by atoms with Crippen LogP contribution in [0.1, 0.15) is 5.69 Å². The first-order chi connectivity index (χ1) is 8.15. The molecule has 5 heteroatoms. The number of nitrogens with two attached hydrogens (primary N) is 1. The third-order valence-electron chi connectivity index (χ3n) is 2.39. The molecule has 0 unspecified atom stereocenters. The number of hydrogen-bond donors (Lipinski definition) is 1. The third-order valence-corrected chi connectivity index (χ3v) is 2.39. The highest BCUT2D eigenvalue weighted by atomic mass is 19.1. The Bertz CT molecular complexity index is 493. The molecule has 2 aromatic rings. The van der Waals surface area contributed by atoms with Crippen molar-refractivity contribution in [3.63, 3.8) is 0 Å². The second-order valence-corrected chi connectivity index (χ2v) is 3.74. The van der Waals surface area contributed by atoms with Crippen LogP contribution in [0.2, 0.25) is 0 Å². The summed E-state index contributed by atoms with van der Waals surface area (Å²) in [6.45, 7) is 3.01. The number of anilines is 1. The molecule has 90 valence electrons. The molecule has 0 spiro atoms. The van der Waals surface area contributed by atoms with Gasteiger partial charge < -0.3 is 10.5 Å². The number of benzene rings is 1. The minimum atomic E-state index is -0.270. The van der Waals surface area contributed by atoms with Crippen molar-refractivity contribution in [1.29, 1.82) is 0 Å². The van der Waals surface area contributed by atoms with Crippen molar-refractivity contribution >= 4 is 5.82 Å². The van der Waals surface area contributed by atoms with Gasteiger partial charge >= 0.3 is 0 Å². The molecule has 1 aromatic heterocycles. The maximum absolute atomic E-state index is 12.6. The van der Waals surface area contributed by atoms with Gasteiger partial charge in [0, 0.05) is 11.8 Å². The Morgan fingerprint density at radius 2 is 2.06 bits per heavy atom. The summed E-state index contributed by atoms with van der Waals surface area (Å²) in [5.41, 5.74) is 6.56. The number of aromatic nitrogens is 2. The van der Waals surface area contributed by atoms with E-state index in [2.05, 4.69) is 5.10 Å². The van der Waals surface area contributed by atoms with Crippen LogP contribution in [0.5, 0.6) is 5.75 Å². The third kappa shape index (κ3) is 2.96. The largest absolute Gasteiger partial charge is 0.492 e. The summed E-state index contributed by atoms with van der Waals surface area (Å²) in [4.78, 5) is 0. The predicted molar refractivity (Wildman–Crippen MR) is 63.3 cm³/mol. The van der Waals surface area contributed by atoms with E-state index in [1.165, 1.54) is 12.1 Å². The Hall–Kier alpha value is -2.04. The molecule has 0 atom stereocenters. The van der Waals surface area contributed by atoms with Gasteiger partial charge in [-0.3, -0.25) is 4.68 Å². The number of nitrogen functional groups attached to an aromatic ring is 1. The molecule has 1 heterocycles. The van der Waals surface area contributed by atoms with E-state index in [-0.39, 0.29) is 5.82 Å². The molecule has 2 rings (SSSR count). The monoisotopic (exact) mass is 235 g/mol. The second kappa shape index (κ2) is 4.86. The van der Waals surface area contributed by atoms with Gasteiger partial charge in [-0.05, 0) is 31.2 Å². The molecule has 0 aliphatic rings. The molecule has 4 nitrogen and oxygen atoms in total. The molecule has 0 aliphatic carbocycles. The van der Waals surface area contributed by atoms with E-state index in [0.717, 1.165) is 5.69 Å². The molecule has 0 saturated heterocycles. The quantitative estimate of drug-likeness (QED) is 0.881. The smallest absolute Gasteiger partial charge is 0.145 e. The van der Waals surface area contributed by atoms with Gasteiger partial charge in [-0.1, -0.05) is 0 Å². The number of halogens is 1. The fourth-order valence-electron chi connectivity index (χ4n) is 1.54. The van der Waals surface area contributed by atoms with Gasteiger partial charge in [-0.2, -0.15) is 5.10 Å². The lowest BCUT2D eigenvalue weighted by Gasteiger charge is -2.07. The van der Waals surface area contributed by atoms with E-state index >= 15 is 0 Å². The van der Waals surface area contributed by atoms with E-state index in [1.807, 2.05) is 6.92 Å². The molecule has 0 radical (unpaired) electrons. The molecule has 1 aromatic carbocycles. The molecule has 0 amide bonds. The minimum absolute atomic E-state index is 0.270. The summed E-state index contributed by atoms with van der Waals surface area (Å²) in [5, 5.41) is 4.11. The van der Waals surface area contributed by atoms with Crippen LogP contribution in [0.4, 0.5) is 10.2 Å². The van der Waals surface area contributed by atoms with Gasteiger partial charge in [0.2, 0.25) is 0 Å². The first-order valence-corrected chi connectivity index (χ1v) is 5.33. The van der Waals surface area contributed by atoms with Crippen LogP contribution in [-0.4, -0.2) is 16.4 Å². The van der Waals surface area contributed by atoms with Crippen molar-refractivity contribution in [1.82, 2.24) is 9.78 Å². The Labute approximate surface area is 98.8 Å². The van der Waals surface area contributed by atoms with Gasteiger partial charge in [-0.25, -0.2) is 4.39 Å². The summed E-state index contributed by atoms with van der Waals surface area (Å²) in [5.74, 6) is 0.876. The highest BCUT2D eigenvalue weighted by Crippen LogP contribution is 2.11. The number of aryl methyl sites for hydroxylation is 1. The Morgan fingerprint density at radius 1 is 1.35 bits per heavy atom.